The summed E-state index contributed by atoms with van der Waals surface area (Å²) in [7, 11) is -2.83. The lowest BCUT2D eigenvalue weighted by Gasteiger charge is -2.57. The van der Waals surface area contributed by atoms with Gasteiger partial charge in [0, 0.05) is 86.2 Å². The summed E-state index contributed by atoms with van der Waals surface area (Å²) in [6, 6.07) is 20.1. The molecule has 406 valence electrons. The van der Waals surface area contributed by atoms with E-state index in [2.05, 4.69) is 62.9 Å². The summed E-state index contributed by atoms with van der Waals surface area (Å²) in [5.74, 6) is 0.505. The minimum atomic E-state index is -4.75. The van der Waals surface area contributed by atoms with Crippen LogP contribution in [0.3, 0.4) is 0 Å². The van der Waals surface area contributed by atoms with Crippen LogP contribution in [0.1, 0.15) is 124 Å². The van der Waals surface area contributed by atoms with Gasteiger partial charge >= 0.3 is 0 Å². The van der Waals surface area contributed by atoms with Gasteiger partial charge in [-0.05, 0) is 131 Å². The lowest BCUT2D eigenvalue weighted by atomic mass is 9.70. The van der Waals surface area contributed by atoms with E-state index in [0.717, 1.165) is 61.9 Å². The van der Waals surface area contributed by atoms with Crippen molar-refractivity contribution in [3.63, 3.8) is 0 Å². The predicted molar refractivity (Wildman–Crippen MR) is 289 cm³/mol. The zero-order chi connectivity index (χ0) is 53.3. The number of amides is 1. The zero-order valence-electron chi connectivity index (χ0n) is 44.2. The number of sulfonamides is 1. The number of benzene rings is 3. The molecule has 5 atom stereocenters. The molecule has 5 aromatic rings. The monoisotopic (exact) mass is 1060 g/mol. The van der Waals surface area contributed by atoms with Gasteiger partial charge in [0.15, 0.2) is 17.2 Å². The fourth-order valence-corrected chi connectivity index (χ4v) is 14.3. The van der Waals surface area contributed by atoms with Gasteiger partial charge in [0.2, 0.25) is 0 Å². The Kier molecular flexibility index (Phi) is 14.0. The fourth-order valence-electron chi connectivity index (χ4n) is 13.3. The zero-order valence-corrected chi connectivity index (χ0v) is 45.0. The smallest absolute Gasteiger partial charge is 0.297 e. The number of aryl methyl sites for hydroxylation is 1. The van der Waals surface area contributed by atoms with E-state index >= 15 is 0 Å². The van der Waals surface area contributed by atoms with Gasteiger partial charge in [-0.15, -0.1) is 0 Å². The normalized spacial score (nSPS) is 26.7. The number of ether oxygens (including phenoxy) is 3. The Morgan fingerprint density at radius 3 is 2.50 bits per heavy atom. The van der Waals surface area contributed by atoms with Crippen LogP contribution in [0.2, 0.25) is 0 Å². The number of nitrogens with zero attached hydrogens (tertiary/aromatic N) is 5. The number of hydrogen-bond donors (Lipinski definition) is 5. The van der Waals surface area contributed by atoms with Gasteiger partial charge < -0.3 is 39.6 Å². The van der Waals surface area contributed by atoms with E-state index < -0.39 is 37.0 Å². The number of aliphatic hydroxyl groups excluding tert-OH is 1. The Labute approximate surface area is 444 Å². The summed E-state index contributed by atoms with van der Waals surface area (Å²) in [5, 5.41) is 37.1. The molecule has 6 aliphatic rings. The summed E-state index contributed by atoms with van der Waals surface area (Å²) in [6.45, 7) is 12.6. The third kappa shape index (κ3) is 10.3. The molecule has 0 bridgehead atoms. The number of carbonyl (C=O) groups excluding carboxylic acids is 1. The molecule has 3 aromatic carbocycles. The summed E-state index contributed by atoms with van der Waals surface area (Å²) in [4.78, 5) is 41.1. The molecule has 11 rings (SSSR count). The number of piperidine rings is 1. The van der Waals surface area contributed by atoms with Gasteiger partial charge in [-0.1, -0.05) is 44.5 Å². The molecule has 3 saturated heterocycles. The lowest BCUT2D eigenvalue weighted by molar-refractivity contribution is -0.384. The van der Waals surface area contributed by atoms with Crippen molar-refractivity contribution in [3.05, 3.63) is 99.2 Å². The summed E-state index contributed by atoms with van der Waals surface area (Å²) in [6.07, 6.45) is 8.45. The second-order valence-electron chi connectivity index (χ2n) is 23.4. The van der Waals surface area contributed by atoms with Gasteiger partial charge in [-0.25, -0.2) is 13.1 Å². The number of aliphatic hydroxyl groups is 2. The SMILES string of the molecule is Cc1cc2cc(Oc3cc(N4CCC5(CC4)CN(C4CCC[C@@H]4c4ccccc4C(C)C)C5)ccc3C(=O)NS(=O)(=O)c3cc4c(c([N+](=O)[O-])c3)N[C@@H](C3CCC(C)(O)CC3)CO4)c(O[C@@H]3C[C@@H](CO)N(C)C3)nc2[nH]1. The second kappa shape index (κ2) is 20.4. The van der Waals surface area contributed by atoms with Crippen molar-refractivity contribution in [1.82, 2.24) is 24.5 Å². The number of likely N-dealkylation sites (N-methyl/N-ethyl adjacent to an activating group) is 1. The van der Waals surface area contributed by atoms with Crippen molar-refractivity contribution < 1.29 is 42.6 Å². The Hall–Kier alpha value is -5.99. The van der Waals surface area contributed by atoms with Crippen molar-refractivity contribution in [3.8, 4) is 23.1 Å². The molecule has 2 saturated carbocycles. The van der Waals surface area contributed by atoms with Crippen LogP contribution in [0.4, 0.5) is 17.1 Å². The summed E-state index contributed by atoms with van der Waals surface area (Å²) in [5.41, 5.74) is 4.11. The molecule has 18 nitrogen and oxygen atoms in total. The van der Waals surface area contributed by atoms with Gasteiger partial charge in [0.1, 0.15) is 24.1 Å². The highest BCUT2D eigenvalue weighted by molar-refractivity contribution is 7.90. The van der Waals surface area contributed by atoms with Gasteiger partial charge in [0.05, 0.1) is 33.6 Å². The van der Waals surface area contributed by atoms with Crippen LogP contribution < -0.4 is 29.1 Å². The maximum absolute atomic E-state index is 14.6. The van der Waals surface area contributed by atoms with Crippen LogP contribution in [-0.2, 0) is 10.0 Å². The maximum atomic E-state index is 14.6. The van der Waals surface area contributed by atoms with E-state index in [1.54, 1.807) is 31.2 Å². The number of aromatic nitrogens is 2. The van der Waals surface area contributed by atoms with Gasteiger partial charge in [0.25, 0.3) is 27.5 Å². The minimum absolute atomic E-state index is 0.0169. The largest absolute Gasteiger partial charge is 0.489 e. The highest BCUT2D eigenvalue weighted by atomic mass is 32.2. The molecule has 19 heteroatoms. The number of anilines is 2. The van der Waals surface area contributed by atoms with Crippen LogP contribution in [-0.4, -0.2) is 132 Å². The van der Waals surface area contributed by atoms with Crippen molar-refractivity contribution in [2.24, 2.45) is 11.3 Å². The molecule has 5 fully saturated rings. The first-order valence-electron chi connectivity index (χ1n) is 27.2. The van der Waals surface area contributed by atoms with Crippen LogP contribution in [0.15, 0.2) is 71.6 Å². The van der Waals surface area contributed by atoms with E-state index in [-0.39, 0.29) is 77.1 Å². The average molecular weight is 1060 g/mol. The number of pyridine rings is 1. The second-order valence-corrected chi connectivity index (χ2v) is 25.1. The van der Waals surface area contributed by atoms with E-state index in [4.69, 9.17) is 19.2 Å². The van der Waals surface area contributed by atoms with Crippen molar-refractivity contribution in [1.29, 1.82) is 0 Å². The minimum Gasteiger partial charge on any atom is -0.489 e. The van der Waals surface area contributed by atoms with E-state index in [0.29, 0.717) is 62.2 Å². The number of rotatable bonds is 14. The molecular formula is C57H72N8O10S. The number of nitro benzene ring substituents is 1. The first-order valence-corrected chi connectivity index (χ1v) is 28.7. The van der Waals surface area contributed by atoms with Crippen molar-refractivity contribution in [2.45, 2.75) is 138 Å². The molecule has 0 radical (unpaired) electrons. The third-order valence-electron chi connectivity index (χ3n) is 17.7. The quantitative estimate of drug-likeness (QED) is 0.0519. The van der Waals surface area contributed by atoms with Crippen molar-refractivity contribution in [2.75, 3.05) is 63.2 Å². The topological polar surface area (TPSA) is 225 Å². The number of H-pyrrole nitrogens is 1. The number of hydrogen-bond acceptors (Lipinski definition) is 15. The predicted octanol–water partition coefficient (Wildman–Crippen LogP) is 8.61. The molecule has 6 heterocycles. The first kappa shape index (κ1) is 52.1. The molecule has 4 aliphatic heterocycles. The number of fused-ring (bicyclic) bond motifs is 2. The Morgan fingerprint density at radius 2 is 1.78 bits per heavy atom. The average Bonchev–Trinajstić information content (AvgIpc) is 4.13. The molecule has 76 heavy (non-hydrogen) atoms. The van der Waals surface area contributed by atoms with Crippen LogP contribution >= 0.6 is 0 Å². The third-order valence-corrected chi connectivity index (χ3v) is 19.0. The molecule has 5 N–H and O–H groups in total. The number of likely N-dealkylation sites (tertiary alicyclic amines) is 2. The van der Waals surface area contributed by atoms with Crippen LogP contribution in [0.5, 0.6) is 23.1 Å². The lowest BCUT2D eigenvalue weighted by Crippen LogP contribution is -2.63. The Morgan fingerprint density at radius 1 is 1.01 bits per heavy atom. The van der Waals surface area contributed by atoms with Crippen LogP contribution in [0.25, 0.3) is 11.0 Å². The van der Waals surface area contributed by atoms with Gasteiger partial charge in [-0.2, -0.15) is 4.98 Å². The molecule has 1 unspecified atom stereocenters. The number of nitro groups is 1. The first-order chi connectivity index (χ1) is 36.3. The molecular weight excluding hydrogens is 989 g/mol. The number of carbonyl (C=O) groups is 1. The molecule has 2 aliphatic carbocycles. The summed E-state index contributed by atoms with van der Waals surface area (Å²) >= 11 is 0. The maximum Gasteiger partial charge on any atom is 0.297 e. The fraction of sp³-hybridized carbons (Fsp3) is 0.544. The highest BCUT2D eigenvalue weighted by Crippen LogP contribution is 2.50. The molecule has 1 spiro atoms. The van der Waals surface area contributed by atoms with Crippen molar-refractivity contribution >= 4 is 44.0 Å². The van der Waals surface area contributed by atoms with Crippen LogP contribution in [0, 0.1) is 28.4 Å². The summed E-state index contributed by atoms with van der Waals surface area (Å²) < 4.78 is 50.1. The Balaban J connectivity index is 0.859. The molecule has 1 amide bonds. The standard InChI is InChI=1S/C57H72N8O10S/c1-34(2)42-9-6-7-10-43(42)44-11-8-12-47(44)64-32-57(33-64)19-21-63(22-20-57)38-13-14-45(49(26-38)75-51-24-37-23-35(3)58-53(37)60-55(51)74-40-25-39(30-66)62(5)29-40)54(67)61-76(71,72)41-27-48(65(69)70)52-50(28-41)73-31-46(59-52)36-15-17-56(4,68)18-16-36/h6-7,9-10,13-14,23-24,26-28,34,36,39-40,44,46-47,59,66,68H,8,11-12,15-22,25,29-33H2,1-5H3,(H,58,60)(H,61,67)/t36?,39-,40+,44+,46+,47?,56?/m0/s1. The van der Waals surface area contributed by atoms with Gasteiger partial charge in [-0.3, -0.25) is 24.7 Å². The van der Waals surface area contributed by atoms with E-state index in [1.165, 1.54) is 36.5 Å². The molecule has 2 aromatic heterocycles. The number of aromatic amines is 1. The van der Waals surface area contributed by atoms with E-state index in [1.807, 2.05) is 24.9 Å². The van der Waals surface area contributed by atoms with E-state index in [9.17, 15) is 33.5 Å². The Bertz CT molecular complexity index is 3120. The highest BCUT2D eigenvalue weighted by Gasteiger charge is 2.50. The number of nitrogens with one attached hydrogen (secondary N) is 3.